The third kappa shape index (κ3) is 3.40. The summed E-state index contributed by atoms with van der Waals surface area (Å²) in [6.45, 7) is 0.227. The maximum atomic E-state index is 11.8. The number of rotatable bonds is 5. The van der Waals surface area contributed by atoms with Gasteiger partial charge in [-0.15, -0.1) is 0 Å². The van der Waals surface area contributed by atoms with Crippen molar-refractivity contribution in [3.8, 4) is 17.2 Å². The van der Waals surface area contributed by atoms with Crippen LogP contribution in [0.5, 0.6) is 5.75 Å². The van der Waals surface area contributed by atoms with Gasteiger partial charge in [-0.2, -0.15) is 0 Å². The molecule has 0 bridgehead atoms. The summed E-state index contributed by atoms with van der Waals surface area (Å²) in [5.74, 6) is 0.866. The molecule has 5 nitrogen and oxygen atoms in total. The molecular weight excluding hydrogens is 292 g/mol. The second-order valence-corrected chi connectivity index (χ2v) is 4.87. The lowest BCUT2D eigenvalue weighted by atomic mass is 10.2. The van der Waals surface area contributed by atoms with Crippen molar-refractivity contribution < 1.29 is 13.9 Å². The Balaban J connectivity index is 1.73. The summed E-state index contributed by atoms with van der Waals surface area (Å²) in [6, 6.07) is 16.7. The van der Waals surface area contributed by atoms with Crippen molar-refractivity contribution >= 4 is 5.91 Å². The van der Waals surface area contributed by atoms with Crippen LogP contribution in [0.2, 0.25) is 0 Å². The molecule has 0 aliphatic carbocycles. The number of carbonyl (C=O) groups is 1. The van der Waals surface area contributed by atoms with Crippen LogP contribution in [0.15, 0.2) is 65.3 Å². The lowest BCUT2D eigenvalue weighted by Gasteiger charge is -2.08. The largest absolute Gasteiger partial charge is 0.486 e. The van der Waals surface area contributed by atoms with E-state index in [1.54, 1.807) is 31.5 Å². The fourth-order valence-corrected chi connectivity index (χ4v) is 2.15. The van der Waals surface area contributed by atoms with E-state index in [9.17, 15) is 4.79 Å². The predicted molar refractivity (Wildman–Crippen MR) is 86.1 cm³/mol. The molecule has 3 rings (SSSR count). The van der Waals surface area contributed by atoms with E-state index in [2.05, 4.69) is 10.3 Å². The van der Waals surface area contributed by atoms with Crippen LogP contribution in [0.3, 0.4) is 0 Å². The van der Waals surface area contributed by atoms with Gasteiger partial charge >= 0.3 is 0 Å². The molecule has 1 heterocycles. The van der Waals surface area contributed by atoms with Crippen LogP contribution < -0.4 is 10.1 Å². The number of nitrogens with zero attached hydrogens (tertiary/aromatic N) is 1. The minimum Gasteiger partial charge on any atom is -0.486 e. The predicted octanol–water partition coefficient (Wildman–Crippen LogP) is 3.28. The van der Waals surface area contributed by atoms with Gasteiger partial charge in [-0.25, -0.2) is 4.98 Å². The van der Waals surface area contributed by atoms with E-state index in [-0.39, 0.29) is 12.5 Å². The standard InChI is InChI=1S/C18H16N2O3/c1-19-17(21)15-9-5-6-10-16(15)22-11-14-12-23-18(20-14)13-7-3-2-4-8-13/h2-10,12H,11H2,1H3,(H,19,21). The first-order valence-electron chi connectivity index (χ1n) is 7.21. The molecule has 2 aromatic carbocycles. The van der Waals surface area contributed by atoms with Crippen LogP contribution in [-0.4, -0.2) is 17.9 Å². The topological polar surface area (TPSA) is 64.4 Å². The fraction of sp³-hybridized carbons (Fsp3) is 0.111. The van der Waals surface area contributed by atoms with Gasteiger partial charge in [-0.3, -0.25) is 4.79 Å². The number of carbonyl (C=O) groups excluding carboxylic acids is 1. The molecule has 23 heavy (non-hydrogen) atoms. The number of hydrogen-bond acceptors (Lipinski definition) is 4. The first-order chi connectivity index (χ1) is 11.3. The molecule has 116 valence electrons. The van der Waals surface area contributed by atoms with E-state index in [4.69, 9.17) is 9.15 Å². The molecule has 0 spiro atoms. The molecule has 1 N–H and O–H groups in total. The summed E-state index contributed by atoms with van der Waals surface area (Å²) < 4.78 is 11.2. The quantitative estimate of drug-likeness (QED) is 0.785. The van der Waals surface area contributed by atoms with Gasteiger partial charge in [0.1, 0.15) is 24.3 Å². The van der Waals surface area contributed by atoms with E-state index in [1.165, 1.54) is 0 Å². The first-order valence-corrected chi connectivity index (χ1v) is 7.21. The number of aromatic nitrogens is 1. The van der Waals surface area contributed by atoms with E-state index < -0.39 is 0 Å². The van der Waals surface area contributed by atoms with Gasteiger partial charge in [0.2, 0.25) is 5.89 Å². The Labute approximate surface area is 133 Å². The Morgan fingerprint density at radius 3 is 2.65 bits per heavy atom. The number of ether oxygens (including phenoxy) is 1. The number of oxazole rings is 1. The van der Waals surface area contributed by atoms with Crippen molar-refractivity contribution in [2.24, 2.45) is 0 Å². The first kappa shape index (κ1) is 14.8. The normalized spacial score (nSPS) is 10.3. The Morgan fingerprint density at radius 1 is 1.13 bits per heavy atom. The SMILES string of the molecule is CNC(=O)c1ccccc1OCc1coc(-c2ccccc2)n1. The van der Waals surface area contributed by atoms with E-state index in [0.29, 0.717) is 22.9 Å². The summed E-state index contributed by atoms with van der Waals surface area (Å²) >= 11 is 0. The molecule has 0 atom stereocenters. The van der Waals surface area contributed by atoms with Crippen LogP contribution in [0.4, 0.5) is 0 Å². The third-order valence-corrected chi connectivity index (χ3v) is 3.31. The molecule has 0 aliphatic rings. The molecule has 0 saturated heterocycles. The maximum absolute atomic E-state index is 11.8. The third-order valence-electron chi connectivity index (χ3n) is 3.31. The highest BCUT2D eigenvalue weighted by atomic mass is 16.5. The summed E-state index contributed by atoms with van der Waals surface area (Å²) in [5, 5.41) is 2.59. The highest BCUT2D eigenvalue weighted by Crippen LogP contribution is 2.21. The van der Waals surface area contributed by atoms with Crippen molar-refractivity contribution in [1.29, 1.82) is 0 Å². The molecule has 3 aromatic rings. The van der Waals surface area contributed by atoms with Crippen LogP contribution >= 0.6 is 0 Å². The van der Waals surface area contributed by atoms with Crippen molar-refractivity contribution in [1.82, 2.24) is 10.3 Å². The van der Waals surface area contributed by atoms with Gasteiger partial charge in [0.05, 0.1) is 5.56 Å². The average molecular weight is 308 g/mol. The maximum Gasteiger partial charge on any atom is 0.254 e. The highest BCUT2D eigenvalue weighted by molar-refractivity contribution is 5.96. The smallest absolute Gasteiger partial charge is 0.254 e. The minimum atomic E-state index is -0.189. The minimum absolute atomic E-state index is 0.189. The fourth-order valence-electron chi connectivity index (χ4n) is 2.15. The number of para-hydroxylation sites is 1. The summed E-state index contributed by atoms with van der Waals surface area (Å²) in [5.41, 5.74) is 2.06. The number of amides is 1. The molecular formula is C18H16N2O3. The lowest BCUT2D eigenvalue weighted by molar-refractivity contribution is 0.0958. The monoisotopic (exact) mass is 308 g/mol. The van der Waals surface area contributed by atoms with Crippen molar-refractivity contribution in [3.63, 3.8) is 0 Å². The van der Waals surface area contributed by atoms with Gasteiger partial charge in [0.25, 0.3) is 5.91 Å². The molecule has 1 aromatic heterocycles. The molecule has 0 fully saturated rings. The van der Waals surface area contributed by atoms with Gasteiger partial charge < -0.3 is 14.5 Å². The Bertz CT molecular complexity index is 797. The van der Waals surface area contributed by atoms with Crippen molar-refractivity contribution in [3.05, 3.63) is 72.1 Å². The molecule has 0 unspecified atom stereocenters. The lowest BCUT2D eigenvalue weighted by Crippen LogP contribution is -2.18. The second-order valence-electron chi connectivity index (χ2n) is 4.87. The van der Waals surface area contributed by atoms with Crippen molar-refractivity contribution in [2.45, 2.75) is 6.61 Å². The average Bonchev–Trinajstić information content (AvgIpc) is 3.09. The molecule has 1 amide bonds. The van der Waals surface area contributed by atoms with Crippen LogP contribution in [-0.2, 0) is 6.61 Å². The number of hydrogen-bond donors (Lipinski definition) is 1. The van der Waals surface area contributed by atoms with E-state index >= 15 is 0 Å². The summed E-state index contributed by atoms with van der Waals surface area (Å²) in [6.07, 6.45) is 1.56. The van der Waals surface area contributed by atoms with E-state index in [1.807, 2.05) is 36.4 Å². The van der Waals surface area contributed by atoms with Crippen LogP contribution in [0.25, 0.3) is 11.5 Å². The molecule has 5 heteroatoms. The summed E-state index contributed by atoms with van der Waals surface area (Å²) in [7, 11) is 1.59. The zero-order valence-corrected chi connectivity index (χ0v) is 12.7. The number of nitrogens with one attached hydrogen (secondary N) is 1. The molecule has 0 saturated carbocycles. The molecule has 0 aliphatic heterocycles. The zero-order valence-electron chi connectivity index (χ0n) is 12.7. The zero-order chi connectivity index (χ0) is 16.1. The van der Waals surface area contributed by atoms with Gasteiger partial charge in [-0.1, -0.05) is 30.3 Å². The van der Waals surface area contributed by atoms with Gasteiger partial charge in [0, 0.05) is 12.6 Å². The van der Waals surface area contributed by atoms with Crippen LogP contribution in [0, 0.1) is 0 Å². The van der Waals surface area contributed by atoms with Crippen molar-refractivity contribution in [2.75, 3.05) is 7.05 Å². The molecule has 0 radical (unpaired) electrons. The van der Waals surface area contributed by atoms with Crippen LogP contribution in [0.1, 0.15) is 16.1 Å². The van der Waals surface area contributed by atoms with E-state index in [0.717, 1.165) is 5.56 Å². The second kappa shape index (κ2) is 6.79. The number of benzene rings is 2. The van der Waals surface area contributed by atoms with Gasteiger partial charge in [-0.05, 0) is 24.3 Å². The Morgan fingerprint density at radius 2 is 1.87 bits per heavy atom. The van der Waals surface area contributed by atoms with Gasteiger partial charge in [0.15, 0.2) is 0 Å². The summed E-state index contributed by atoms with van der Waals surface area (Å²) in [4.78, 5) is 16.2. The Hall–Kier alpha value is -3.08. The highest BCUT2D eigenvalue weighted by Gasteiger charge is 2.12. The Kier molecular flexibility index (Phi) is 4.38.